The third-order valence-electron chi connectivity index (χ3n) is 4.46. The van der Waals surface area contributed by atoms with Crippen LogP contribution >= 0.6 is 0 Å². The van der Waals surface area contributed by atoms with Gasteiger partial charge in [-0.05, 0) is 28.8 Å². The maximum Gasteiger partial charge on any atom is 0.269 e. The Morgan fingerprint density at radius 2 is 1.46 bits per heavy atom. The predicted molar refractivity (Wildman–Crippen MR) is 96.9 cm³/mol. The first kappa shape index (κ1) is 16.2. The summed E-state index contributed by atoms with van der Waals surface area (Å²) in [4.78, 5) is 22.8. The van der Waals surface area contributed by atoms with Crippen molar-refractivity contribution in [3.05, 3.63) is 100 Å². The standard InChI is InChI=1S/C21H15NO4/c23-19(16-8-6-15(7-9-16)14-4-2-1-3-5-14)21-20(26-21)17-10-12-18(13-11-17)22(24)25/h1-13,20-21H/t20-,21-/m0/s1. The lowest BCUT2D eigenvalue weighted by Crippen LogP contribution is -2.08. The fourth-order valence-corrected chi connectivity index (χ4v) is 2.97. The minimum Gasteiger partial charge on any atom is -0.356 e. The van der Waals surface area contributed by atoms with Gasteiger partial charge in [-0.25, -0.2) is 0 Å². The maximum atomic E-state index is 12.6. The van der Waals surface area contributed by atoms with Crippen LogP contribution in [0.3, 0.4) is 0 Å². The van der Waals surface area contributed by atoms with E-state index in [1.54, 1.807) is 24.3 Å². The van der Waals surface area contributed by atoms with E-state index in [4.69, 9.17) is 4.74 Å². The Morgan fingerprint density at radius 1 is 0.846 bits per heavy atom. The summed E-state index contributed by atoms with van der Waals surface area (Å²) in [5.41, 5.74) is 3.53. The number of hydrogen-bond donors (Lipinski definition) is 0. The van der Waals surface area contributed by atoms with E-state index in [1.165, 1.54) is 12.1 Å². The maximum absolute atomic E-state index is 12.6. The van der Waals surface area contributed by atoms with Crippen LogP contribution in [0.2, 0.25) is 0 Å². The van der Waals surface area contributed by atoms with Crippen molar-refractivity contribution < 1.29 is 14.5 Å². The molecule has 0 unspecified atom stereocenters. The second kappa shape index (κ2) is 6.54. The molecule has 5 nitrogen and oxygen atoms in total. The zero-order valence-electron chi connectivity index (χ0n) is 13.7. The van der Waals surface area contributed by atoms with Gasteiger partial charge in [0.25, 0.3) is 5.69 Å². The fraction of sp³-hybridized carbons (Fsp3) is 0.0952. The summed E-state index contributed by atoms with van der Waals surface area (Å²) in [5.74, 6) is -0.0760. The van der Waals surface area contributed by atoms with E-state index >= 15 is 0 Å². The first-order chi connectivity index (χ1) is 12.6. The van der Waals surface area contributed by atoms with E-state index in [0.717, 1.165) is 16.7 Å². The zero-order valence-corrected chi connectivity index (χ0v) is 13.7. The lowest BCUT2D eigenvalue weighted by molar-refractivity contribution is -0.384. The third-order valence-corrected chi connectivity index (χ3v) is 4.46. The van der Waals surface area contributed by atoms with Gasteiger partial charge >= 0.3 is 0 Å². The van der Waals surface area contributed by atoms with Gasteiger partial charge in [-0.15, -0.1) is 0 Å². The molecule has 0 radical (unpaired) electrons. The molecule has 3 aromatic carbocycles. The number of carbonyl (C=O) groups is 1. The van der Waals surface area contributed by atoms with Crippen LogP contribution in [0, 0.1) is 10.1 Å². The second-order valence-corrected chi connectivity index (χ2v) is 6.13. The average molecular weight is 345 g/mol. The molecule has 128 valence electrons. The first-order valence-corrected chi connectivity index (χ1v) is 8.23. The summed E-state index contributed by atoms with van der Waals surface area (Å²) < 4.78 is 5.52. The minimum absolute atomic E-state index is 0.0220. The molecule has 0 N–H and O–H groups in total. The number of benzene rings is 3. The highest BCUT2D eigenvalue weighted by Crippen LogP contribution is 2.41. The monoisotopic (exact) mass is 345 g/mol. The van der Waals surface area contributed by atoms with Crippen LogP contribution in [0.15, 0.2) is 78.9 Å². The number of non-ortho nitro benzene ring substituents is 1. The molecule has 1 saturated heterocycles. The highest BCUT2D eigenvalue weighted by atomic mass is 16.6. The second-order valence-electron chi connectivity index (χ2n) is 6.13. The first-order valence-electron chi connectivity index (χ1n) is 8.23. The number of ketones is 1. The van der Waals surface area contributed by atoms with Crippen molar-refractivity contribution >= 4 is 11.5 Å². The van der Waals surface area contributed by atoms with Gasteiger partial charge in [0.05, 0.1) is 4.92 Å². The van der Waals surface area contributed by atoms with Crippen LogP contribution in [0.25, 0.3) is 11.1 Å². The topological polar surface area (TPSA) is 72.7 Å². The molecule has 1 heterocycles. The van der Waals surface area contributed by atoms with Crippen molar-refractivity contribution in [1.29, 1.82) is 0 Å². The highest BCUT2D eigenvalue weighted by Gasteiger charge is 2.46. The van der Waals surface area contributed by atoms with E-state index in [2.05, 4.69) is 0 Å². The van der Waals surface area contributed by atoms with Gasteiger partial charge in [0, 0.05) is 17.7 Å². The molecule has 1 fully saturated rings. The number of ether oxygens (including phenoxy) is 1. The summed E-state index contributed by atoms with van der Waals surface area (Å²) in [6.07, 6.45) is -0.865. The molecule has 0 saturated carbocycles. The largest absolute Gasteiger partial charge is 0.356 e. The molecule has 2 atom stereocenters. The summed E-state index contributed by atoms with van der Waals surface area (Å²) in [6, 6.07) is 23.5. The molecule has 5 heteroatoms. The molecular weight excluding hydrogens is 330 g/mol. The van der Waals surface area contributed by atoms with Crippen LogP contribution in [-0.2, 0) is 4.74 Å². The van der Waals surface area contributed by atoms with Crippen molar-refractivity contribution in [1.82, 2.24) is 0 Å². The number of hydrogen-bond acceptors (Lipinski definition) is 4. The Balaban J connectivity index is 1.46. The number of nitro benzene ring substituents is 1. The Labute approximate surface area is 150 Å². The number of nitrogens with zero attached hydrogens (tertiary/aromatic N) is 1. The van der Waals surface area contributed by atoms with E-state index in [9.17, 15) is 14.9 Å². The third kappa shape index (κ3) is 3.12. The SMILES string of the molecule is O=C(c1ccc(-c2ccccc2)cc1)[C@@H]1O[C@H]1c1ccc([N+](=O)[O-])cc1. The van der Waals surface area contributed by atoms with Crippen molar-refractivity contribution in [2.45, 2.75) is 12.2 Å². The predicted octanol–water partition coefficient (Wildman–Crippen LogP) is 4.58. The van der Waals surface area contributed by atoms with E-state index < -0.39 is 11.0 Å². The molecule has 0 spiro atoms. The normalized spacial score (nSPS) is 18.3. The van der Waals surface area contributed by atoms with Crippen molar-refractivity contribution in [3.8, 4) is 11.1 Å². The summed E-state index contributed by atoms with van der Waals surface area (Å²) in [5, 5.41) is 10.7. The molecule has 0 amide bonds. The number of rotatable bonds is 5. The molecule has 0 aliphatic carbocycles. The Morgan fingerprint density at radius 3 is 2.08 bits per heavy atom. The van der Waals surface area contributed by atoms with Crippen molar-refractivity contribution in [3.63, 3.8) is 0 Å². The van der Waals surface area contributed by atoms with Crippen LogP contribution in [0.5, 0.6) is 0 Å². The van der Waals surface area contributed by atoms with Crippen LogP contribution < -0.4 is 0 Å². The van der Waals surface area contributed by atoms with E-state index in [-0.39, 0.29) is 17.6 Å². The molecule has 0 bridgehead atoms. The summed E-state index contributed by atoms with van der Waals surface area (Å²) in [7, 11) is 0. The van der Waals surface area contributed by atoms with Crippen LogP contribution in [0.4, 0.5) is 5.69 Å². The van der Waals surface area contributed by atoms with E-state index in [1.807, 2.05) is 42.5 Å². The smallest absolute Gasteiger partial charge is 0.269 e. The number of Topliss-reactive ketones (excluding diaryl/α,β-unsaturated/α-hetero) is 1. The molecule has 1 aliphatic heterocycles. The number of nitro groups is 1. The average Bonchev–Trinajstić information content (AvgIpc) is 3.49. The van der Waals surface area contributed by atoms with Gasteiger partial charge in [-0.2, -0.15) is 0 Å². The van der Waals surface area contributed by atoms with Gasteiger partial charge in [-0.1, -0.05) is 54.6 Å². The number of carbonyl (C=O) groups excluding carboxylic acids is 1. The Kier molecular flexibility index (Phi) is 4.07. The lowest BCUT2D eigenvalue weighted by atomic mass is 9.99. The van der Waals surface area contributed by atoms with Gasteiger partial charge < -0.3 is 4.74 Å². The highest BCUT2D eigenvalue weighted by molar-refractivity contribution is 6.01. The van der Waals surface area contributed by atoms with Gasteiger partial charge in [0.15, 0.2) is 11.9 Å². The molecule has 3 aromatic rings. The summed E-state index contributed by atoms with van der Waals surface area (Å²) in [6.45, 7) is 0. The minimum atomic E-state index is -0.529. The van der Waals surface area contributed by atoms with Crippen molar-refractivity contribution in [2.75, 3.05) is 0 Å². The van der Waals surface area contributed by atoms with Gasteiger partial charge in [-0.3, -0.25) is 14.9 Å². The van der Waals surface area contributed by atoms with Crippen molar-refractivity contribution in [2.24, 2.45) is 0 Å². The molecule has 26 heavy (non-hydrogen) atoms. The quantitative estimate of drug-likeness (QED) is 0.293. The molecule has 1 aliphatic rings. The van der Waals surface area contributed by atoms with Gasteiger partial charge in [0.1, 0.15) is 6.10 Å². The van der Waals surface area contributed by atoms with Crippen LogP contribution in [0.1, 0.15) is 22.0 Å². The Hall–Kier alpha value is -3.31. The Bertz CT molecular complexity index is 950. The molecule has 0 aromatic heterocycles. The summed E-state index contributed by atoms with van der Waals surface area (Å²) >= 11 is 0. The number of epoxide rings is 1. The van der Waals surface area contributed by atoms with Gasteiger partial charge in [0.2, 0.25) is 0 Å². The van der Waals surface area contributed by atoms with Crippen LogP contribution in [-0.4, -0.2) is 16.8 Å². The molecular formula is C21H15NO4. The molecule has 4 rings (SSSR count). The lowest BCUT2D eigenvalue weighted by Gasteiger charge is -2.03. The van der Waals surface area contributed by atoms with E-state index in [0.29, 0.717) is 5.56 Å². The fourth-order valence-electron chi connectivity index (χ4n) is 2.97. The zero-order chi connectivity index (χ0) is 18.1.